The summed E-state index contributed by atoms with van der Waals surface area (Å²) in [7, 11) is 0. The second kappa shape index (κ2) is 22.0. The number of carbonyl (C=O) groups excluding carboxylic acids is 4. The molecule has 7 N–H and O–H groups in total. The van der Waals surface area contributed by atoms with E-state index in [1.54, 1.807) is 11.3 Å². The number of fused-ring (bicyclic) bond motifs is 1. The van der Waals surface area contributed by atoms with Gasteiger partial charge in [0.15, 0.2) is 0 Å². The fourth-order valence-electron chi connectivity index (χ4n) is 10.0. The summed E-state index contributed by atoms with van der Waals surface area (Å²) < 4.78 is 0. The number of β-amino-alcohol motifs (C(OH)–C–C–N with tert-alkyl or cyclic N) is 1. The molecule has 0 radical (unpaired) electrons. The van der Waals surface area contributed by atoms with Crippen LogP contribution in [-0.2, 0) is 25.7 Å². The van der Waals surface area contributed by atoms with Gasteiger partial charge in [0.05, 0.1) is 40.8 Å². The molecule has 2 aliphatic heterocycles. The van der Waals surface area contributed by atoms with E-state index in [1.807, 2.05) is 102 Å². The van der Waals surface area contributed by atoms with Gasteiger partial charge in [-0.2, -0.15) is 0 Å². The number of benzene rings is 3. The average Bonchev–Trinajstić information content (AvgIpc) is 4.09. The Bertz CT molecular complexity index is 2930. The van der Waals surface area contributed by atoms with Gasteiger partial charge in [0, 0.05) is 68.7 Å². The lowest BCUT2D eigenvalue weighted by molar-refractivity contribution is -0.144. The van der Waals surface area contributed by atoms with Crippen LogP contribution in [0.25, 0.3) is 43.9 Å². The zero-order chi connectivity index (χ0) is 52.4. The van der Waals surface area contributed by atoms with E-state index in [4.69, 9.17) is 5.73 Å². The Morgan fingerprint density at radius 1 is 0.849 bits per heavy atom. The minimum absolute atomic E-state index is 0.0118. The van der Waals surface area contributed by atoms with Crippen LogP contribution in [0.2, 0.25) is 0 Å². The first-order valence-corrected chi connectivity index (χ1v) is 26.3. The third-order valence-electron chi connectivity index (χ3n) is 14.0. The molecule has 2 aliphatic rings. The Labute approximate surface area is 433 Å². The lowest BCUT2D eigenvalue weighted by atomic mass is 9.85. The molecule has 73 heavy (non-hydrogen) atoms. The van der Waals surface area contributed by atoms with Crippen LogP contribution in [0.4, 0.5) is 5.69 Å². The normalized spacial score (nSPS) is 18.1. The molecule has 0 unspecified atom stereocenters. The highest BCUT2D eigenvalue weighted by Gasteiger charge is 2.45. The number of thiazole rings is 1. The highest BCUT2D eigenvalue weighted by atomic mass is 32.1. The first kappa shape index (κ1) is 53.0. The summed E-state index contributed by atoms with van der Waals surface area (Å²) in [5.41, 5.74) is 18.1. The van der Waals surface area contributed by atoms with Gasteiger partial charge in [0.2, 0.25) is 23.6 Å². The smallest absolute Gasteiger partial charge is 0.246 e. The Hall–Kier alpha value is -6.30. The standard InChI is InChI=1S/C57H72N10O5S/c1-34-26-41(62-53(70)46(58)29-56(4,5)6)18-19-43(34)44-20-21-59-52-45(44)28-47(63-52)39-12-10-37(11-13-39)30-65-22-24-66(25-23-65)32-49(69)64-51(57(7,8)9)55(72)67-31-42(68)27-48(67)54(71)61-35(2)38-14-16-40(17-15-38)50-36(3)60-33-73-50/h10-21,26,28,33,35,42,46,48,51,68H,22-25,27,29-32,58H2,1-9H3,(H,59,63)(H,61,71)(H,62,70)(H,64,69)/t35-,42+,46+,48-,51+/m0/s1. The molecule has 5 atom stereocenters. The van der Waals surface area contributed by atoms with Crippen molar-refractivity contribution in [3.8, 4) is 32.8 Å². The predicted octanol–water partition coefficient (Wildman–Crippen LogP) is 7.83. The van der Waals surface area contributed by atoms with Crippen molar-refractivity contribution in [2.45, 2.75) is 112 Å². The van der Waals surface area contributed by atoms with Crippen LogP contribution < -0.4 is 21.7 Å². The topological polar surface area (TPSA) is 202 Å². The number of aromatic nitrogens is 3. The van der Waals surface area contributed by atoms with Crippen molar-refractivity contribution in [2.75, 3.05) is 44.6 Å². The number of aromatic amines is 1. The molecular weight excluding hydrogens is 937 g/mol. The molecule has 0 saturated carbocycles. The number of hydrogen-bond donors (Lipinski definition) is 6. The summed E-state index contributed by atoms with van der Waals surface area (Å²) in [6, 6.07) is 24.0. The number of H-pyrrole nitrogens is 1. The Kier molecular flexibility index (Phi) is 16.0. The molecule has 0 bridgehead atoms. The van der Waals surface area contributed by atoms with Crippen LogP contribution >= 0.6 is 11.3 Å². The first-order valence-electron chi connectivity index (χ1n) is 25.4. The number of aryl methyl sites for hydroxylation is 2. The number of hydrogen-bond acceptors (Lipinski definition) is 11. The van der Waals surface area contributed by atoms with E-state index in [0.717, 1.165) is 80.3 Å². The summed E-state index contributed by atoms with van der Waals surface area (Å²) in [6.07, 6.45) is 1.66. The van der Waals surface area contributed by atoms with E-state index in [9.17, 15) is 24.3 Å². The molecule has 386 valence electrons. The highest BCUT2D eigenvalue weighted by molar-refractivity contribution is 7.13. The summed E-state index contributed by atoms with van der Waals surface area (Å²) in [5.74, 6) is -1.17. The predicted molar refractivity (Wildman–Crippen MR) is 290 cm³/mol. The SMILES string of the molecule is Cc1cc(NC(=O)[C@H](N)CC(C)(C)C)ccc1-c1ccnc2[nH]c(-c3ccc(CN4CCN(CC(=O)N[C@H](C(=O)N5C[C@H](O)C[C@H]5C(=O)N[C@@H](C)c5ccc(-c6scnc6C)cc5)C(C)(C)C)CC4)cc3)cc12. The third kappa shape index (κ3) is 12.9. The maximum absolute atomic E-state index is 14.3. The van der Waals surface area contributed by atoms with Gasteiger partial charge in [0.25, 0.3) is 0 Å². The lowest BCUT2D eigenvalue weighted by Crippen LogP contribution is -2.59. The molecule has 3 aromatic heterocycles. The van der Waals surface area contributed by atoms with Crippen LogP contribution in [0.3, 0.4) is 0 Å². The van der Waals surface area contributed by atoms with Crippen LogP contribution in [0.1, 0.15) is 89.7 Å². The second-order valence-electron chi connectivity index (χ2n) is 22.3. The van der Waals surface area contributed by atoms with Crippen molar-refractivity contribution in [2.24, 2.45) is 16.6 Å². The number of anilines is 1. The Balaban J connectivity index is 0.824. The van der Waals surface area contributed by atoms with Crippen molar-refractivity contribution >= 4 is 51.7 Å². The van der Waals surface area contributed by atoms with Crippen molar-refractivity contribution in [1.29, 1.82) is 0 Å². The van der Waals surface area contributed by atoms with Crippen LogP contribution in [0, 0.1) is 24.7 Å². The van der Waals surface area contributed by atoms with E-state index in [0.29, 0.717) is 25.2 Å². The third-order valence-corrected chi connectivity index (χ3v) is 15.0. The molecule has 4 amide bonds. The quantitative estimate of drug-likeness (QED) is 0.0589. The molecule has 3 aromatic carbocycles. The van der Waals surface area contributed by atoms with Crippen LogP contribution in [0.15, 0.2) is 90.6 Å². The molecule has 8 rings (SSSR count). The van der Waals surface area contributed by atoms with E-state index in [2.05, 4.69) is 91.8 Å². The van der Waals surface area contributed by atoms with Crippen molar-refractivity contribution in [3.63, 3.8) is 0 Å². The van der Waals surface area contributed by atoms with Crippen LogP contribution in [-0.4, -0.2) is 122 Å². The van der Waals surface area contributed by atoms with Gasteiger partial charge in [-0.1, -0.05) is 96.1 Å². The van der Waals surface area contributed by atoms with E-state index >= 15 is 0 Å². The molecule has 6 aromatic rings. The molecule has 2 fully saturated rings. The van der Waals surface area contributed by atoms with Gasteiger partial charge in [-0.25, -0.2) is 9.97 Å². The van der Waals surface area contributed by atoms with E-state index in [1.165, 1.54) is 10.5 Å². The van der Waals surface area contributed by atoms with Crippen molar-refractivity contribution in [3.05, 3.63) is 113 Å². The molecule has 16 heteroatoms. The summed E-state index contributed by atoms with van der Waals surface area (Å²) in [6.45, 7) is 21.7. The number of piperazine rings is 1. The first-order chi connectivity index (χ1) is 34.6. The zero-order valence-corrected chi connectivity index (χ0v) is 44.5. The number of nitrogens with one attached hydrogen (secondary N) is 4. The molecular formula is C57H72N10O5S. The number of nitrogens with two attached hydrogens (primary N) is 1. The molecule has 15 nitrogen and oxygen atoms in total. The maximum Gasteiger partial charge on any atom is 0.246 e. The lowest BCUT2D eigenvalue weighted by Gasteiger charge is -2.37. The molecule has 0 aliphatic carbocycles. The number of aliphatic hydroxyl groups excluding tert-OH is 1. The van der Waals surface area contributed by atoms with Gasteiger partial charge in [0.1, 0.15) is 17.7 Å². The van der Waals surface area contributed by atoms with Gasteiger partial charge in [-0.15, -0.1) is 11.3 Å². The van der Waals surface area contributed by atoms with Crippen molar-refractivity contribution in [1.82, 2.24) is 40.3 Å². The van der Waals surface area contributed by atoms with Gasteiger partial charge in [-0.3, -0.25) is 29.0 Å². The fraction of sp³-hybridized carbons (Fsp3) is 0.439. The van der Waals surface area contributed by atoms with Gasteiger partial charge < -0.3 is 36.7 Å². The highest BCUT2D eigenvalue weighted by Crippen LogP contribution is 2.35. The number of likely N-dealkylation sites (tertiary alicyclic amines) is 1. The van der Waals surface area contributed by atoms with Crippen LogP contribution in [0.5, 0.6) is 0 Å². The number of amides is 4. The minimum Gasteiger partial charge on any atom is -0.391 e. The fourth-order valence-corrected chi connectivity index (χ4v) is 10.8. The largest absolute Gasteiger partial charge is 0.391 e. The number of aliphatic hydroxyl groups is 1. The Morgan fingerprint density at radius 3 is 2.18 bits per heavy atom. The van der Waals surface area contributed by atoms with Gasteiger partial charge in [-0.05, 0) is 101 Å². The number of carbonyl (C=O) groups is 4. The minimum atomic E-state index is -0.903. The van der Waals surface area contributed by atoms with E-state index in [-0.39, 0.29) is 54.6 Å². The number of rotatable bonds is 15. The van der Waals surface area contributed by atoms with E-state index < -0.39 is 29.6 Å². The molecule has 0 spiro atoms. The average molecular weight is 1010 g/mol. The summed E-state index contributed by atoms with van der Waals surface area (Å²) >= 11 is 1.58. The molecule has 2 saturated heterocycles. The zero-order valence-electron chi connectivity index (χ0n) is 43.7. The summed E-state index contributed by atoms with van der Waals surface area (Å²) in [5, 5.41) is 20.8. The number of nitrogens with zero attached hydrogens (tertiary/aromatic N) is 5. The number of pyridine rings is 1. The molecule has 5 heterocycles. The monoisotopic (exact) mass is 1010 g/mol. The summed E-state index contributed by atoms with van der Waals surface area (Å²) in [4.78, 5) is 74.1. The Morgan fingerprint density at radius 2 is 1.53 bits per heavy atom. The van der Waals surface area contributed by atoms with Crippen molar-refractivity contribution < 1.29 is 24.3 Å². The second-order valence-corrected chi connectivity index (χ2v) is 23.2. The van der Waals surface area contributed by atoms with Gasteiger partial charge >= 0.3 is 0 Å². The maximum atomic E-state index is 14.3.